The Labute approximate surface area is 102 Å². The average Bonchev–Trinajstić information content (AvgIpc) is 3.02. The van der Waals surface area contributed by atoms with Gasteiger partial charge in [-0.25, -0.2) is 0 Å². The molecular weight excluding hydrogens is 216 g/mol. The predicted octanol–water partition coefficient (Wildman–Crippen LogP) is 1.88. The van der Waals surface area contributed by atoms with Crippen molar-refractivity contribution in [3.63, 3.8) is 0 Å². The Morgan fingerprint density at radius 1 is 1.53 bits per heavy atom. The van der Waals surface area contributed by atoms with Gasteiger partial charge in [-0.05, 0) is 44.5 Å². The first-order chi connectivity index (χ1) is 8.31. The zero-order valence-corrected chi connectivity index (χ0v) is 10.3. The van der Waals surface area contributed by atoms with Gasteiger partial charge in [-0.2, -0.15) is 0 Å². The third-order valence-electron chi connectivity index (χ3n) is 3.37. The monoisotopic (exact) mass is 236 g/mol. The van der Waals surface area contributed by atoms with E-state index in [-0.39, 0.29) is 5.91 Å². The molecule has 1 aliphatic heterocycles. The van der Waals surface area contributed by atoms with Crippen molar-refractivity contribution >= 4 is 5.91 Å². The van der Waals surface area contributed by atoms with Crippen LogP contribution in [0.25, 0.3) is 0 Å². The van der Waals surface area contributed by atoms with Crippen molar-refractivity contribution in [2.75, 3.05) is 19.6 Å². The summed E-state index contributed by atoms with van der Waals surface area (Å²) in [4.78, 5) is 14.2. The first-order valence-electron chi connectivity index (χ1n) is 6.37. The molecule has 1 saturated heterocycles. The lowest BCUT2D eigenvalue weighted by atomic mass is 10.2. The van der Waals surface area contributed by atoms with Gasteiger partial charge in [-0.1, -0.05) is 6.92 Å². The van der Waals surface area contributed by atoms with E-state index in [1.807, 2.05) is 0 Å². The highest BCUT2D eigenvalue weighted by Gasteiger charge is 2.21. The molecule has 0 saturated carbocycles. The van der Waals surface area contributed by atoms with Gasteiger partial charge in [0, 0.05) is 12.6 Å². The molecule has 1 aliphatic rings. The smallest absolute Gasteiger partial charge is 0.287 e. The highest BCUT2D eigenvalue weighted by molar-refractivity contribution is 5.91. The minimum absolute atomic E-state index is 0.118. The van der Waals surface area contributed by atoms with E-state index in [0.717, 1.165) is 19.5 Å². The fraction of sp³-hybridized carbons (Fsp3) is 0.615. The molecule has 1 aromatic heterocycles. The zero-order valence-electron chi connectivity index (χ0n) is 10.3. The molecule has 4 heteroatoms. The van der Waals surface area contributed by atoms with Crippen LogP contribution in [-0.2, 0) is 0 Å². The van der Waals surface area contributed by atoms with Crippen LogP contribution in [0.3, 0.4) is 0 Å². The molecule has 4 nitrogen and oxygen atoms in total. The maximum atomic E-state index is 11.7. The van der Waals surface area contributed by atoms with E-state index in [1.54, 1.807) is 12.1 Å². The molecule has 1 fully saturated rings. The number of furan rings is 1. The normalized spacial score (nSPS) is 18.2. The van der Waals surface area contributed by atoms with E-state index in [9.17, 15) is 4.79 Å². The van der Waals surface area contributed by atoms with E-state index >= 15 is 0 Å². The summed E-state index contributed by atoms with van der Waals surface area (Å²) in [6.07, 6.45) is 5.15. The van der Waals surface area contributed by atoms with Crippen LogP contribution in [0.1, 0.15) is 36.7 Å². The molecule has 0 aliphatic carbocycles. The van der Waals surface area contributed by atoms with Crippen molar-refractivity contribution in [1.82, 2.24) is 10.2 Å². The number of carbonyl (C=O) groups excluding carboxylic acids is 1. The van der Waals surface area contributed by atoms with Crippen LogP contribution in [-0.4, -0.2) is 36.5 Å². The van der Waals surface area contributed by atoms with Crippen molar-refractivity contribution in [3.8, 4) is 0 Å². The Kier molecular flexibility index (Phi) is 4.20. The Morgan fingerprint density at radius 2 is 2.29 bits per heavy atom. The molecule has 1 N–H and O–H groups in total. The van der Waals surface area contributed by atoms with Gasteiger partial charge >= 0.3 is 0 Å². The largest absolute Gasteiger partial charge is 0.459 e. The molecule has 2 rings (SSSR count). The second kappa shape index (κ2) is 5.87. The van der Waals surface area contributed by atoms with Crippen LogP contribution in [0.5, 0.6) is 0 Å². The average molecular weight is 236 g/mol. The second-order valence-electron chi connectivity index (χ2n) is 4.49. The molecule has 1 aromatic rings. The first kappa shape index (κ1) is 12.2. The summed E-state index contributed by atoms with van der Waals surface area (Å²) in [6, 6.07) is 3.87. The summed E-state index contributed by atoms with van der Waals surface area (Å²) in [7, 11) is 0. The standard InChI is InChI=1S/C13H20N2O2/c1-2-11(15-7-3-4-8-15)10-14-13(16)12-6-5-9-17-12/h5-6,9,11H,2-4,7-8,10H2,1H3,(H,14,16)/t11-/m0/s1. The minimum Gasteiger partial charge on any atom is -0.459 e. The van der Waals surface area contributed by atoms with Crippen LogP contribution >= 0.6 is 0 Å². The van der Waals surface area contributed by atoms with Crippen LogP contribution in [0.2, 0.25) is 0 Å². The molecule has 0 unspecified atom stereocenters. The number of hydrogen-bond acceptors (Lipinski definition) is 3. The van der Waals surface area contributed by atoms with E-state index in [0.29, 0.717) is 18.3 Å². The van der Waals surface area contributed by atoms with E-state index < -0.39 is 0 Å². The third-order valence-corrected chi connectivity index (χ3v) is 3.37. The maximum absolute atomic E-state index is 11.7. The third kappa shape index (κ3) is 3.09. The lowest BCUT2D eigenvalue weighted by Crippen LogP contribution is -2.42. The van der Waals surface area contributed by atoms with Gasteiger partial charge in [0.15, 0.2) is 5.76 Å². The Hall–Kier alpha value is -1.29. The van der Waals surface area contributed by atoms with Crippen molar-refractivity contribution in [2.45, 2.75) is 32.2 Å². The molecule has 94 valence electrons. The molecule has 0 bridgehead atoms. The molecular formula is C13H20N2O2. The lowest BCUT2D eigenvalue weighted by molar-refractivity contribution is 0.0909. The summed E-state index contributed by atoms with van der Waals surface area (Å²) in [5.41, 5.74) is 0. The first-order valence-corrected chi connectivity index (χ1v) is 6.37. The van der Waals surface area contributed by atoms with Crippen LogP contribution in [0.15, 0.2) is 22.8 Å². The van der Waals surface area contributed by atoms with Gasteiger partial charge in [-0.3, -0.25) is 9.69 Å². The van der Waals surface area contributed by atoms with Crippen molar-refractivity contribution in [1.29, 1.82) is 0 Å². The van der Waals surface area contributed by atoms with Crippen molar-refractivity contribution in [2.24, 2.45) is 0 Å². The predicted molar refractivity (Wildman–Crippen MR) is 65.9 cm³/mol. The summed E-state index contributed by atoms with van der Waals surface area (Å²) >= 11 is 0. The zero-order chi connectivity index (χ0) is 12.1. The summed E-state index contributed by atoms with van der Waals surface area (Å²) in [5.74, 6) is 0.272. The molecule has 0 spiro atoms. The summed E-state index contributed by atoms with van der Waals surface area (Å²) < 4.78 is 5.06. The molecule has 0 aromatic carbocycles. The maximum Gasteiger partial charge on any atom is 0.287 e. The lowest BCUT2D eigenvalue weighted by Gasteiger charge is -2.26. The Morgan fingerprint density at radius 3 is 2.88 bits per heavy atom. The molecule has 1 atom stereocenters. The number of hydrogen-bond donors (Lipinski definition) is 1. The fourth-order valence-corrected chi connectivity index (χ4v) is 2.34. The second-order valence-corrected chi connectivity index (χ2v) is 4.49. The highest BCUT2D eigenvalue weighted by atomic mass is 16.3. The topological polar surface area (TPSA) is 45.5 Å². The quantitative estimate of drug-likeness (QED) is 0.849. The van der Waals surface area contributed by atoms with Gasteiger partial charge in [0.2, 0.25) is 0 Å². The summed E-state index contributed by atoms with van der Waals surface area (Å²) in [6.45, 7) is 5.20. The number of rotatable bonds is 5. The molecule has 1 amide bonds. The van der Waals surface area contributed by atoms with E-state index in [1.165, 1.54) is 19.1 Å². The molecule has 2 heterocycles. The number of likely N-dealkylation sites (tertiary alicyclic amines) is 1. The molecule has 17 heavy (non-hydrogen) atoms. The van der Waals surface area contributed by atoms with Gasteiger partial charge in [0.1, 0.15) is 0 Å². The van der Waals surface area contributed by atoms with Gasteiger partial charge in [0.05, 0.1) is 6.26 Å². The van der Waals surface area contributed by atoms with Crippen LogP contribution in [0, 0.1) is 0 Å². The summed E-state index contributed by atoms with van der Waals surface area (Å²) in [5, 5.41) is 2.94. The van der Waals surface area contributed by atoms with Gasteiger partial charge < -0.3 is 9.73 Å². The number of carbonyl (C=O) groups is 1. The SMILES string of the molecule is CC[C@@H](CNC(=O)c1ccco1)N1CCCC1. The van der Waals surface area contributed by atoms with E-state index in [2.05, 4.69) is 17.1 Å². The van der Waals surface area contributed by atoms with Crippen molar-refractivity contribution in [3.05, 3.63) is 24.2 Å². The van der Waals surface area contributed by atoms with E-state index in [4.69, 9.17) is 4.42 Å². The number of nitrogens with zero attached hydrogens (tertiary/aromatic N) is 1. The van der Waals surface area contributed by atoms with Crippen LogP contribution in [0.4, 0.5) is 0 Å². The molecule has 0 radical (unpaired) electrons. The Balaban J connectivity index is 1.81. The Bertz CT molecular complexity index is 342. The van der Waals surface area contributed by atoms with Gasteiger partial charge in [-0.15, -0.1) is 0 Å². The van der Waals surface area contributed by atoms with Crippen LogP contribution < -0.4 is 5.32 Å². The fourth-order valence-electron chi connectivity index (χ4n) is 2.34. The number of amides is 1. The van der Waals surface area contributed by atoms with Gasteiger partial charge in [0.25, 0.3) is 5.91 Å². The minimum atomic E-state index is -0.118. The number of nitrogens with one attached hydrogen (secondary N) is 1. The van der Waals surface area contributed by atoms with Crippen molar-refractivity contribution < 1.29 is 9.21 Å². The highest BCUT2D eigenvalue weighted by Crippen LogP contribution is 2.13.